The molecule has 1 aromatic carbocycles. The standard InChI is InChI=1S/C17H20N2O3/c1-12(2)11-22-15-7-6-13(9-16(15)21-3)17(20)19-14-5-4-8-18-10-14/h4-10,12H,11H2,1-3H3,(H,19,20). The van der Waals surface area contributed by atoms with Crippen LogP contribution in [0.25, 0.3) is 0 Å². The van der Waals surface area contributed by atoms with E-state index in [4.69, 9.17) is 9.47 Å². The van der Waals surface area contributed by atoms with E-state index in [-0.39, 0.29) is 5.91 Å². The van der Waals surface area contributed by atoms with Gasteiger partial charge in [-0.15, -0.1) is 0 Å². The molecule has 1 amide bonds. The number of amides is 1. The molecule has 0 fully saturated rings. The summed E-state index contributed by atoms with van der Waals surface area (Å²) in [6.45, 7) is 4.74. The van der Waals surface area contributed by atoms with E-state index in [9.17, 15) is 4.79 Å². The average Bonchev–Trinajstić information content (AvgIpc) is 2.53. The van der Waals surface area contributed by atoms with Crippen molar-refractivity contribution in [2.45, 2.75) is 13.8 Å². The van der Waals surface area contributed by atoms with E-state index in [1.807, 2.05) is 0 Å². The summed E-state index contributed by atoms with van der Waals surface area (Å²) < 4.78 is 11.0. The molecular weight excluding hydrogens is 280 g/mol. The summed E-state index contributed by atoms with van der Waals surface area (Å²) in [5, 5.41) is 2.78. The number of rotatable bonds is 6. The van der Waals surface area contributed by atoms with Gasteiger partial charge < -0.3 is 14.8 Å². The predicted octanol–water partition coefficient (Wildman–Crippen LogP) is 3.38. The summed E-state index contributed by atoms with van der Waals surface area (Å²) in [7, 11) is 1.56. The Morgan fingerprint density at radius 3 is 2.73 bits per heavy atom. The highest BCUT2D eigenvalue weighted by Crippen LogP contribution is 2.28. The molecule has 22 heavy (non-hydrogen) atoms. The van der Waals surface area contributed by atoms with Crippen molar-refractivity contribution in [1.82, 2.24) is 4.98 Å². The van der Waals surface area contributed by atoms with Crippen LogP contribution in [0.1, 0.15) is 24.2 Å². The van der Waals surface area contributed by atoms with Gasteiger partial charge in [0.25, 0.3) is 5.91 Å². The van der Waals surface area contributed by atoms with Crippen molar-refractivity contribution in [3.63, 3.8) is 0 Å². The minimum atomic E-state index is -0.221. The molecule has 0 aliphatic carbocycles. The van der Waals surface area contributed by atoms with Crippen LogP contribution in [0.3, 0.4) is 0 Å². The molecule has 0 saturated heterocycles. The molecule has 0 spiro atoms. The van der Waals surface area contributed by atoms with Gasteiger partial charge in [-0.05, 0) is 36.2 Å². The van der Waals surface area contributed by atoms with E-state index in [0.717, 1.165) is 0 Å². The fraction of sp³-hybridized carbons (Fsp3) is 0.294. The van der Waals surface area contributed by atoms with Crippen LogP contribution < -0.4 is 14.8 Å². The predicted molar refractivity (Wildman–Crippen MR) is 85.5 cm³/mol. The number of nitrogens with one attached hydrogen (secondary N) is 1. The number of anilines is 1. The molecule has 116 valence electrons. The Labute approximate surface area is 130 Å². The van der Waals surface area contributed by atoms with Crippen LogP contribution in [0.2, 0.25) is 0 Å². The number of pyridine rings is 1. The quantitative estimate of drug-likeness (QED) is 0.888. The molecule has 1 heterocycles. The maximum atomic E-state index is 12.2. The second kappa shape index (κ2) is 7.45. The summed E-state index contributed by atoms with van der Waals surface area (Å²) in [6, 6.07) is 8.67. The van der Waals surface area contributed by atoms with E-state index in [0.29, 0.717) is 35.3 Å². The van der Waals surface area contributed by atoms with Gasteiger partial charge in [-0.25, -0.2) is 0 Å². The van der Waals surface area contributed by atoms with Crippen LogP contribution in [0.15, 0.2) is 42.7 Å². The molecule has 0 aliphatic heterocycles. The number of carbonyl (C=O) groups excluding carboxylic acids is 1. The van der Waals surface area contributed by atoms with E-state index >= 15 is 0 Å². The molecule has 0 atom stereocenters. The van der Waals surface area contributed by atoms with E-state index in [1.54, 1.807) is 49.8 Å². The number of benzene rings is 1. The maximum Gasteiger partial charge on any atom is 0.255 e. The third-order valence-electron chi connectivity index (χ3n) is 2.92. The van der Waals surface area contributed by atoms with Crippen LogP contribution >= 0.6 is 0 Å². The maximum absolute atomic E-state index is 12.2. The van der Waals surface area contributed by atoms with Gasteiger partial charge in [0.1, 0.15) is 0 Å². The Bertz CT molecular complexity index is 627. The topological polar surface area (TPSA) is 60.5 Å². The lowest BCUT2D eigenvalue weighted by molar-refractivity contribution is 0.102. The van der Waals surface area contributed by atoms with Crippen molar-refractivity contribution in [2.24, 2.45) is 5.92 Å². The van der Waals surface area contributed by atoms with E-state index in [2.05, 4.69) is 24.1 Å². The zero-order valence-corrected chi connectivity index (χ0v) is 13.0. The van der Waals surface area contributed by atoms with Crippen molar-refractivity contribution in [2.75, 3.05) is 19.0 Å². The molecule has 1 N–H and O–H groups in total. The summed E-state index contributed by atoms with van der Waals surface area (Å²) in [6.07, 6.45) is 3.24. The van der Waals surface area contributed by atoms with Gasteiger partial charge >= 0.3 is 0 Å². The van der Waals surface area contributed by atoms with Crippen LogP contribution in [-0.4, -0.2) is 24.6 Å². The Kier molecular flexibility index (Phi) is 5.36. The molecule has 5 heteroatoms. The van der Waals surface area contributed by atoms with Gasteiger partial charge in [-0.1, -0.05) is 13.8 Å². The molecule has 0 saturated carbocycles. The number of methoxy groups -OCH3 is 1. The minimum absolute atomic E-state index is 0.221. The minimum Gasteiger partial charge on any atom is -0.493 e. The van der Waals surface area contributed by atoms with Crippen molar-refractivity contribution in [3.8, 4) is 11.5 Å². The highest BCUT2D eigenvalue weighted by Gasteiger charge is 2.12. The lowest BCUT2D eigenvalue weighted by atomic mass is 10.2. The fourth-order valence-electron chi connectivity index (χ4n) is 1.82. The first-order valence-electron chi connectivity index (χ1n) is 7.12. The summed E-state index contributed by atoms with van der Waals surface area (Å²) in [4.78, 5) is 16.2. The zero-order chi connectivity index (χ0) is 15.9. The fourth-order valence-corrected chi connectivity index (χ4v) is 1.82. The van der Waals surface area contributed by atoms with Gasteiger partial charge in [0, 0.05) is 11.8 Å². The number of carbonyl (C=O) groups is 1. The van der Waals surface area contributed by atoms with E-state index < -0.39 is 0 Å². The van der Waals surface area contributed by atoms with Crippen molar-refractivity contribution in [3.05, 3.63) is 48.3 Å². The third kappa shape index (κ3) is 4.22. The second-order valence-electron chi connectivity index (χ2n) is 5.27. The van der Waals surface area contributed by atoms with Crippen molar-refractivity contribution in [1.29, 1.82) is 0 Å². The number of ether oxygens (including phenoxy) is 2. The Morgan fingerprint density at radius 2 is 2.09 bits per heavy atom. The van der Waals surface area contributed by atoms with E-state index in [1.165, 1.54) is 0 Å². The van der Waals surface area contributed by atoms with Crippen molar-refractivity contribution < 1.29 is 14.3 Å². The van der Waals surface area contributed by atoms with Gasteiger partial charge in [0.2, 0.25) is 0 Å². The number of aromatic nitrogens is 1. The van der Waals surface area contributed by atoms with Gasteiger partial charge in [-0.2, -0.15) is 0 Å². The van der Waals surface area contributed by atoms with Gasteiger partial charge in [0.05, 0.1) is 25.6 Å². The first kappa shape index (κ1) is 15.8. The van der Waals surface area contributed by atoms with Gasteiger partial charge in [0.15, 0.2) is 11.5 Å². The summed E-state index contributed by atoms with van der Waals surface area (Å²) in [5.41, 5.74) is 1.14. The molecule has 0 unspecified atom stereocenters. The smallest absolute Gasteiger partial charge is 0.255 e. The Hall–Kier alpha value is -2.56. The van der Waals surface area contributed by atoms with Crippen molar-refractivity contribution >= 4 is 11.6 Å². The zero-order valence-electron chi connectivity index (χ0n) is 13.0. The average molecular weight is 300 g/mol. The van der Waals surface area contributed by atoms with Crippen LogP contribution in [0, 0.1) is 5.92 Å². The lowest BCUT2D eigenvalue weighted by Crippen LogP contribution is -2.12. The summed E-state index contributed by atoms with van der Waals surface area (Å²) >= 11 is 0. The Balaban J connectivity index is 2.13. The number of hydrogen-bond acceptors (Lipinski definition) is 4. The molecule has 5 nitrogen and oxygen atoms in total. The van der Waals surface area contributed by atoms with Crippen LogP contribution in [0.4, 0.5) is 5.69 Å². The van der Waals surface area contributed by atoms with Gasteiger partial charge in [-0.3, -0.25) is 9.78 Å². The normalized spacial score (nSPS) is 10.4. The highest BCUT2D eigenvalue weighted by atomic mass is 16.5. The molecule has 2 rings (SSSR count). The SMILES string of the molecule is COc1cc(C(=O)Nc2cccnc2)ccc1OCC(C)C. The number of hydrogen-bond donors (Lipinski definition) is 1. The summed E-state index contributed by atoms with van der Waals surface area (Å²) in [5.74, 6) is 1.37. The Morgan fingerprint density at radius 1 is 1.27 bits per heavy atom. The second-order valence-corrected chi connectivity index (χ2v) is 5.27. The van der Waals surface area contributed by atoms with Crippen LogP contribution in [-0.2, 0) is 0 Å². The molecule has 2 aromatic rings. The molecule has 0 radical (unpaired) electrons. The largest absolute Gasteiger partial charge is 0.493 e. The monoisotopic (exact) mass is 300 g/mol. The first-order chi connectivity index (χ1) is 10.6. The number of nitrogens with zero attached hydrogens (tertiary/aromatic N) is 1. The molecule has 1 aromatic heterocycles. The first-order valence-corrected chi connectivity index (χ1v) is 7.12. The van der Waals surface area contributed by atoms with Crippen LogP contribution in [0.5, 0.6) is 11.5 Å². The molecular formula is C17H20N2O3. The lowest BCUT2D eigenvalue weighted by Gasteiger charge is -2.13. The molecule has 0 bridgehead atoms. The molecule has 0 aliphatic rings. The highest BCUT2D eigenvalue weighted by molar-refractivity contribution is 6.04. The third-order valence-corrected chi connectivity index (χ3v) is 2.92.